The molecule has 3 heterocycles. The molecule has 3 amide bonds. The largest absolute Gasteiger partial charge is 0.433 e. The number of imide groups is 1. The van der Waals surface area contributed by atoms with Gasteiger partial charge >= 0.3 is 12.2 Å². The molecule has 0 aromatic carbocycles. The van der Waals surface area contributed by atoms with Crippen LogP contribution in [0.4, 0.5) is 23.7 Å². The number of halogens is 3. The summed E-state index contributed by atoms with van der Waals surface area (Å²) in [5.41, 5.74) is -2.20. The SMILES string of the molecule is CCN1C(=O)N(c2ccnc(C(F)(F)F)c2)C(=O)C12CCNCC2. The molecule has 0 aliphatic carbocycles. The summed E-state index contributed by atoms with van der Waals surface area (Å²) in [6.45, 7) is 3.23. The summed E-state index contributed by atoms with van der Waals surface area (Å²) in [7, 11) is 0. The van der Waals surface area contributed by atoms with Crippen LogP contribution >= 0.6 is 0 Å². The van der Waals surface area contributed by atoms with Crippen molar-refractivity contribution in [2.24, 2.45) is 0 Å². The van der Waals surface area contributed by atoms with E-state index in [1.807, 2.05) is 0 Å². The third-order valence-electron chi connectivity index (χ3n) is 4.58. The van der Waals surface area contributed by atoms with Crippen LogP contribution in [0.15, 0.2) is 18.3 Å². The Labute approximate surface area is 136 Å². The minimum absolute atomic E-state index is 0.0961. The minimum Gasteiger partial charge on any atom is -0.317 e. The first-order valence-electron chi connectivity index (χ1n) is 7.71. The molecule has 0 radical (unpaired) electrons. The summed E-state index contributed by atoms with van der Waals surface area (Å²) in [6, 6.07) is 1.41. The Morgan fingerprint density at radius 1 is 1.29 bits per heavy atom. The first-order chi connectivity index (χ1) is 11.3. The molecule has 0 bridgehead atoms. The first-order valence-corrected chi connectivity index (χ1v) is 7.71. The Kier molecular flexibility index (Phi) is 3.98. The summed E-state index contributed by atoms with van der Waals surface area (Å²) in [4.78, 5) is 31.2. The quantitative estimate of drug-likeness (QED) is 0.835. The van der Waals surface area contributed by atoms with Gasteiger partial charge in [0.15, 0.2) is 0 Å². The lowest BCUT2D eigenvalue weighted by atomic mass is 9.86. The van der Waals surface area contributed by atoms with Gasteiger partial charge in [-0.15, -0.1) is 0 Å². The predicted molar refractivity (Wildman–Crippen MR) is 79.3 cm³/mol. The molecule has 6 nitrogen and oxygen atoms in total. The van der Waals surface area contributed by atoms with Crippen LogP contribution in [0.5, 0.6) is 0 Å². The van der Waals surface area contributed by atoms with E-state index in [9.17, 15) is 22.8 Å². The average molecular weight is 342 g/mol. The van der Waals surface area contributed by atoms with E-state index in [1.54, 1.807) is 6.92 Å². The van der Waals surface area contributed by atoms with Gasteiger partial charge in [-0.25, -0.2) is 9.69 Å². The van der Waals surface area contributed by atoms with Gasteiger partial charge in [0.1, 0.15) is 11.2 Å². The van der Waals surface area contributed by atoms with Crippen molar-refractivity contribution in [2.45, 2.75) is 31.5 Å². The van der Waals surface area contributed by atoms with Crippen LogP contribution in [0.25, 0.3) is 0 Å². The van der Waals surface area contributed by atoms with Gasteiger partial charge in [0.2, 0.25) is 0 Å². The molecule has 2 aliphatic rings. The maximum Gasteiger partial charge on any atom is 0.433 e. The summed E-state index contributed by atoms with van der Waals surface area (Å²) in [5, 5.41) is 3.13. The highest BCUT2D eigenvalue weighted by Gasteiger charge is 2.57. The van der Waals surface area contributed by atoms with Gasteiger partial charge in [-0.3, -0.25) is 9.78 Å². The Morgan fingerprint density at radius 2 is 1.96 bits per heavy atom. The van der Waals surface area contributed by atoms with Crippen LogP contribution in [0.2, 0.25) is 0 Å². The molecular weight excluding hydrogens is 325 g/mol. The second-order valence-electron chi connectivity index (χ2n) is 5.85. The maximum atomic E-state index is 13.0. The molecule has 1 aromatic rings. The van der Waals surface area contributed by atoms with E-state index in [1.165, 1.54) is 11.0 Å². The third-order valence-corrected chi connectivity index (χ3v) is 4.58. The number of hydrogen-bond acceptors (Lipinski definition) is 4. The van der Waals surface area contributed by atoms with Gasteiger partial charge in [0, 0.05) is 12.7 Å². The molecule has 2 aliphatic heterocycles. The second-order valence-corrected chi connectivity index (χ2v) is 5.85. The predicted octanol–water partition coefficient (Wildman–Crippen LogP) is 2.01. The molecule has 130 valence electrons. The van der Waals surface area contributed by atoms with Crippen LogP contribution in [0, 0.1) is 0 Å². The number of nitrogens with one attached hydrogen (secondary N) is 1. The number of alkyl halides is 3. The second kappa shape index (κ2) is 5.73. The number of rotatable bonds is 2. The number of aromatic nitrogens is 1. The fourth-order valence-electron chi connectivity index (χ4n) is 3.42. The zero-order valence-corrected chi connectivity index (χ0v) is 13.1. The van der Waals surface area contributed by atoms with Crippen molar-refractivity contribution >= 4 is 17.6 Å². The van der Waals surface area contributed by atoms with E-state index in [4.69, 9.17) is 0 Å². The molecule has 24 heavy (non-hydrogen) atoms. The van der Waals surface area contributed by atoms with Crippen LogP contribution in [0.1, 0.15) is 25.5 Å². The van der Waals surface area contributed by atoms with E-state index in [0.29, 0.717) is 32.5 Å². The van der Waals surface area contributed by atoms with Gasteiger partial charge in [0.05, 0.1) is 5.69 Å². The zero-order valence-electron chi connectivity index (χ0n) is 13.1. The Balaban J connectivity index is 2.03. The summed E-state index contributed by atoms with van der Waals surface area (Å²) >= 11 is 0. The normalized spacial score (nSPS) is 21.0. The van der Waals surface area contributed by atoms with Crippen LogP contribution in [0.3, 0.4) is 0 Å². The van der Waals surface area contributed by atoms with Crippen molar-refractivity contribution in [3.8, 4) is 0 Å². The van der Waals surface area contributed by atoms with Gasteiger partial charge in [-0.2, -0.15) is 13.2 Å². The number of pyridine rings is 1. The van der Waals surface area contributed by atoms with Gasteiger partial charge in [-0.1, -0.05) is 0 Å². The van der Waals surface area contributed by atoms with Crippen molar-refractivity contribution in [3.63, 3.8) is 0 Å². The van der Waals surface area contributed by atoms with E-state index in [2.05, 4.69) is 10.3 Å². The van der Waals surface area contributed by atoms with E-state index >= 15 is 0 Å². The topological polar surface area (TPSA) is 65.5 Å². The molecule has 1 aromatic heterocycles. The summed E-state index contributed by atoms with van der Waals surface area (Å²) < 4.78 is 38.6. The molecule has 2 saturated heterocycles. The smallest absolute Gasteiger partial charge is 0.317 e. The molecule has 0 unspecified atom stereocenters. The molecule has 0 atom stereocenters. The number of piperidine rings is 1. The highest BCUT2D eigenvalue weighted by Crippen LogP contribution is 2.39. The maximum absolute atomic E-state index is 13.0. The number of amides is 3. The lowest BCUT2D eigenvalue weighted by molar-refractivity contribution is -0.141. The number of likely N-dealkylation sites (N-methyl/N-ethyl adjacent to an activating group) is 1. The minimum atomic E-state index is -4.64. The Bertz CT molecular complexity index is 671. The van der Waals surface area contributed by atoms with Gasteiger partial charge in [-0.05, 0) is 45.0 Å². The number of carbonyl (C=O) groups excluding carboxylic acids is 2. The first kappa shape index (κ1) is 16.7. The number of urea groups is 1. The summed E-state index contributed by atoms with van der Waals surface area (Å²) in [6.07, 6.45) is -2.79. The molecule has 1 spiro atoms. The van der Waals surface area contributed by atoms with Crippen molar-refractivity contribution < 1.29 is 22.8 Å². The standard InChI is InChI=1S/C15H17F3N4O2/c1-2-21-13(24)22(12(23)14(21)4-7-19-8-5-14)10-3-6-20-11(9-10)15(16,17)18/h3,6,9,19H,2,4-5,7-8H2,1H3. The van der Waals surface area contributed by atoms with E-state index in [-0.39, 0.29) is 5.69 Å². The Morgan fingerprint density at radius 3 is 2.54 bits per heavy atom. The van der Waals surface area contributed by atoms with Gasteiger partial charge < -0.3 is 10.2 Å². The number of nitrogens with zero attached hydrogens (tertiary/aromatic N) is 3. The highest BCUT2D eigenvalue weighted by atomic mass is 19.4. The lowest BCUT2D eigenvalue weighted by Gasteiger charge is -2.37. The molecular formula is C15H17F3N4O2. The van der Waals surface area contributed by atoms with E-state index < -0.39 is 29.3 Å². The number of hydrogen-bond donors (Lipinski definition) is 1. The molecule has 2 fully saturated rings. The molecule has 1 N–H and O–H groups in total. The molecule has 9 heteroatoms. The van der Waals surface area contributed by atoms with Crippen molar-refractivity contribution in [1.29, 1.82) is 0 Å². The van der Waals surface area contributed by atoms with E-state index in [0.717, 1.165) is 17.2 Å². The molecule has 3 rings (SSSR count). The Hall–Kier alpha value is -2.16. The van der Waals surface area contributed by atoms with Crippen molar-refractivity contribution in [2.75, 3.05) is 24.5 Å². The molecule has 0 saturated carbocycles. The number of carbonyl (C=O) groups is 2. The lowest BCUT2D eigenvalue weighted by Crippen LogP contribution is -2.55. The highest BCUT2D eigenvalue weighted by molar-refractivity contribution is 6.23. The average Bonchev–Trinajstić information content (AvgIpc) is 2.74. The summed E-state index contributed by atoms with van der Waals surface area (Å²) in [5.74, 6) is -0.463. The van der Waals surface area contributed by atoms with Crippen LogP contribution in [-0.4, -0.2) is 47.0 Å². The van der Waals surface area contributed by atoms with Crippen molar-refractivity contribution in [1.82, 2.24) is 15.2 Å². The monoisotopic (exact) mass is 342 g/mol. The van der Waals surface area contributed by atoms with Crippen molar-refractivity contribution in [3.05, 3.63) is 24.0 Å². The number of anilines is 1. The fourth-order valence-corrected chi connectivity index (χ4v) is 3.42. The van der Waals surface area contributed by atoms with Crippen LogP contribution in [-0.2, 0) is 11.0 Å². The van der Waals surface area contributed by atoms with Crippen LogP contribution < -0.4 is 10.2 Å². The fraction of sp³-hybridized carbons (Fsp3) is 0.533. The van der Waals surface area contributed by atoms with Gasteiger partial charge in [0.25, 0.3) is 5.91 Å². The third kappa shape index (κ3) is 2.43. The zero-order chi connectivity index (χ0) is 17.5.